The van der Waals surface area contributed by atoms with Gasteiger partial charge in [-0.1, -0.05) is 17.3 Å². The Morgan fingerprint density at radius 3 is 2.32 bits per heavy atom. The van der Waals surface area contributed by atoms with Gasteiger partial charge in [-0.2, -0.15) is 22.5 Å². The first kappa shape index (κ1) is 40.6. The number of nitrogens with zero attached hydrogens (tertiary/aromatic N) is 4. The highest BCUT2D eigenvalue weighted by molar-refractivity contribution is 7.92. The zero-order valence-electron chi connectivity index (χ0n) is 31.3. The first-order valence-corrected chi connectivity index (χ1v) is 19.2. The molecule has 3 aromatic rings. The van der Waals surface area contributed by atoms with Crippen LogP contribution in [0.15, 0.2) is 45.8 Å². The second-order valence-corrected chi connectivity index (χ2v) is 18.3. The number of fused-ring (bicyclic) bond motifs is 3. The Kier molecular flexibility index (Phi) is 10.3. The van der Waals surface area contributed by atoms with E-state index in [1.54, 1.807) is 46.4 Å². The third-order valence-electron chi connectivity index (χ3n) is 9.23. The maximum Gasteiger partial charge on any atom is 0.461 e. The molecule has 3 amide bonds. The number of benzene rings is 2. The van der Waals surface area contributed by atoms with Gasteiger partial charge in [0.15, 0.2) is 0 Å². The summed E-state index contributed by atoms with van der Waals surface area (Å²) in [6, 6.07) is 4.66. The van der Waals surface area contributed by atoms with Crippen LogP contribution in [0.1, 0.15) is 65.8 Å². The summed E-state index contributed by atoms with van der Waals surface area (Å²) >= 11 is 0. The lowest BCUT2D eigenvalue weighted by Crippen LogP contribution is -2.61. The highest BCUT2D eigenvalue weighted by Crippen LogP contribution is 2.52. The van der Waals surface area contributed by atoms with Gasteiger partial charge in [-0.15, -0.1) is 0 Å². The molecular formula is C36H41F5N6O8S. The quantitative estimate of drug-likeness (QED) is 0.229. The van der Waals surface area contributed by atoms with Crippen LogP contribution >= 0.6 is 0 Å². The zero-order valence-corrected chi connectivity index (χ0v) is 32.1. The molecule has 0 radical (unpaired) electrons. The Balaban J connectivity index is 1.36. The number of carbonyl (C=O) groups excluding carboxylic acids is 3. The van der Waals surface area contributed by atoms with Crippen LogP contribution in [0.3, 0.4) is 0 Å². The molecule has 2 atom stereocenters. The highest BCUT2D eigenvalue weighted by atomic mass is 32.2. The van der Waals surface area contributed by atoms with Gasteiger partial charge in [0.25, 0.3) is 5.91 Å². The molecule has 3 aliphatic heterocycles. The SMILES string of the molecule is CC(C)(C)OC(=O)N[C@H]1CS(=N)(=O)c2cc(F)c(-c3noc(C45CC(CN(C(=O)OC(C)(C)C)C4)C5)n3)cc2N(Cc2ccc(OC(F)(F)C(F)F)cc2)C1=O. The Morgan fingerprint density at radius 2 is 1.71 bits per heavy atom. The van der Waals surface area contributed by atoms with E-state index in [9.17, 15) is 36.2 Å². The van der Waals surface area contributed by atoms with E-state index in [1.807, 2.05) is 0 Å². The molecule has 4 aliphatic rings. The first-order chi connectivity index (χ1) is 25.8. The number of anilines is 1. The molecule has 304 valence electrons. The molecule has 56 heavy (non-hydrogen) atoms. The third-order valence-corrected chi connectivity index (χ3v) is 11.1. The van der Waals surface area contributed by atoms with E-state index >= 15 is 4.39 Å². The first-order valence-electron chi connectivity index (χ1n) is 17.5. The monoisotopic (exact) mass is 812 g/mol. The summed E-state index contributed by atoms with van der Waals surface area (Å²) in [4.78, 5) is 46.6. The van der Waals surface area contributed by atoms with Gasteiger partial charge in [-0.25, -0.2) is 23.0 Å². The van der Waals surface area contributed by atoms with Crippen molar-refractivity contribution in [2.45, 2.75) is 101 Å². The number of piperidine rings is 2. The van der Waals surface area contributed by atoms with Gasteiger partial charge in [0, 0.05) is 13.1 Å². The van der Waals surface area contributed by atoms with Crippen molar-refractivity contribution in [2.24, 2.45) is 5.92 Å². The molecule has 1 aromatic heterocycles. The molecule has 7 rings (SSSR count). The predicted molar refractivity (Wildman–Crippen MR) is 188 cm³/mol. The Bertz CT molecular complexity index is 2130. The van der Waals surface area contributed by atoms with E-state index in [0.29, 0.717) is 19.4 Å². The van der Waals surface area contributed by atoms with Gasteiger partial charge in [0.2, 0.25) is 11.7 Å². The number of alkyl carbamates (subject to hydrolysis) is 1. The number of ether oxygens (including phenoxy) is 3. The van der Waals surface area contributed by atoms with Gasteiger partial charge in [-0.05, 0) is 90.1 Å². The fourth-order valence-corrected chi connectivity index (χ4v) is 8.63. The molecule has 1 aliphatic carbocycles. The van der Waals surface area contributed by atoms with Crippen LogP contribution in [-0.4, -0.2) is 86.0 Å². The Hall–Kier alpha value is -5.01. The normalized spacial score (nSPS) is 23.9. The smallest absolute Gasteiger partial charge is 0.444 e. The molecule has 0 spiro atoms. The summed E-state index contributed by atoms with van der Waals surface area (Å²) in [5.41, 5.74) is -2.74. The number of aromatic nitrogens is 2. The Labute approximate surface area is 319 Å². The fourth-order valence-electron chi connectivity index (χ4n) is 6.96. The molecule has 2 bridgehead atoms. The van der Waals surface area contributed by atoms with Crippen LogP contribution in [0.2, 0.25) is 0 Å². The minimum Gasteiger partial charge on any atom is -0.444 e. The van der Waals surface area contributed by atoms with Gasteiger partial charge in [0.1, 0.15) is 28.8 Å². The summed E-state index contributed by atoms with van der Waals surface area (Å²) in [5, 5.41) is 6.37. The number of hydrogen-bond donors (Lipinski definition) is 2. The second-order valence-electron chi connectivity index (χ2n) is 16.2. The lowest BCUT2D eigenvalue weighted by molar-refractivity contribution is -0.253. The molecule has 3 fully saturated rings. The second kappa shape index (κ2) is 14.2. The maximum atomic E-state index is 16.1. The number of halogens is 5. The van der Waals surface area contributed by atoms with Gasteiger partial charge in [0.05, 0.1) is 43.6 Å². The summed E-state index contributed by atoms with van der Waals surface area (Å²) in [5.74, 6) is -3.24. The van der Waals surface area contributed by atoms with Crippen LogP contribution in [0.5, 0.6) is 5.75 Å². The minimum atomic E-state index is -4.78. The number of amides is 3. The molecule has 2 saturated heterocycles. The van der Waals surface area contributed by atoms with Crippen molar-refractivity contribution in [3.63, 3.8) is 0 Å². The molecule has 2 N–H and O–H groups in total. The van der Waals surface area contributed by atoms with Crippen LogP contribution in [0.4, 0.5) is 37.2 Å². The summed E-state index contributed by atoms with van der Waals surface area (Å²) < 4.78 is 112. The van der Waals surface area contributed by atoms with Crippen molar-refractivity contribution in [3.8, 4) is 17.1 Å². The van der Waals surface area contributed by atoms with E-state index in [-0.39, 0.29) is 41.0 Å². The number of rotatable bonds is 8. The van der Waals surface area contributed by atoms with Crippen LogP contribution < -0.4 is 15.0 Å². The van der Waals surface area contributed by atoms with Crippen LogP contribution in [-0.2, 0) is 36.0 Å². The molecule has 4 heterocycles. The van der Waals surface area contributed by atoms with Crippen molar-refractivity contribution < 1.29 is 59.3 Å². The lowest BCUT2D eigenvalue weighted by atomic mass is 9.58. The van der Waals surface area contributed by atoms with Crippen molar-refractivity contribution in [3.05, 3.63) is 53.7 Å². The topological polar surface area (TPSA) is 177 Å². The number of hydrogen-bond acceptors (Lipinski definition) is 11. The summed E-state index contributed by atoms with van der Waals surface area (Å²) in [7, 11) is -4.04. The van der Waals surface area contributed by atoms with E-state index < -0.39 is 91.8 Å². The van der Waals surface area contributed by atoms with Crippen molar-refractivity contribution in [1.29, 1.82) is 4.78 Å². The maximum absolute atomic E-state index is 16.1. The Morgan fingerprint density at radius 1 is 1.07 bits per heavy atom. The number of carbonyl (C=O) groups is 3. The summed E-state index contributed by atoms with van der Waals surface area (Å²) in [6.07, 6.45) is -9.19. The third kappa shape index (κ3) is 8.53. The number of nitrogens with one attached hydrogen (secondary N) is 2. The largest absolute Gasteiger partial charge is 0.461 e. The van der Waals surface area contributed by atoms with Gasteiger partial charge < -0.3 is 33.9 Å². The molecule has 2 aromatic carbocycles. The molecule has 1 saturated carbocycles. The predicted octanol–water partition coefficient (Wildman–Crippen LogP) is 6.86. The van der Waals surface area contributed by atoms with E-state index in [2.05, 4.69) is 20.2 Å². The molecule has 14 nitrogen and oxygen atoms in total. The highest BCUT2D eigenvalue weighted by Gasteiger charge is 2.56. The van der Waals surface area contributed by atoms with Crippen molar-refractivity contribution in [2.75, 3.05) is 23.7 Å². The van der Waals surface area contributed by atoms with Gasteiger partial charge in [-0.3, -0.25) is 4.79 Å². The van der Waals surface area contributed by atoms with Crippen molar-refractivity contribution >= 4 is 33.5 Å². The molecule has 20 heteroatoms. The average molecular weight is 813 g/mol. The lowest BCUT2D eigenvalue weighted by Gasteiger charge is -2.53. The number of alkyl halides is 4. The fraction of sp³-hybridized carbons (Fsp3) is 0.528. The minimum absolute atomic E-state index is 0.143. The van der Waals surface area contributed by atoms with Crippen molar-refractivity contribution in [1.82, 2.24) is 20.4 Å². The summed E-state index contributed by atoms with van der Waals surface area (Å²) in [6.45, 7) is 10.3. The van der Waals surface area contributed by atoms with E-state index in [1.165, 1.54) is 12.1 Å². The van der Waals surface area contributed by atoms with E-state index in [0.717, 1.165) is 29.2 Å². The standard InChI is InChI=1S/C36H41F5N6O8S/c1-33(2,3)53-31(49)43-24-17-56(42,51)26-12-23(37)22(11-25(26)47(28(24)48)16-19-7-9-21(10-8-19)52-36(40,41)29(38)39)27-44-30(55-45-27)35-13-20(14-35)15-46(18-35)32(50)54-34(4,5)6/h7-12,20,24,29,42H,13-18H2,1-6H3,(H,43,49)/t20?,24-,35?,56?/m0/s1. The average Bonchev–Trinajstić information content (AvgIpc) is 3.54. The van der Waals surface area contributed by atoms with E-state index in [4.69, 9.17) is 18.8 Å². The zero-order chi connectivity index (χ0) is 41.2. The van der Waals surface area contributed by atoms with Gasteiger partial charge >= 0.3 is 24.7 Å². The van der Waals surface area contributed by atoms with Crippen LogP contribution in [0.25, 0.3) is 11.4 Å². The molecule has 1 unspecified atom stereocenters. The van der Waals surface area contributed by atoms with Crippen LogP contribution in [0, 0.1) is 16.5 Å². The molecular weight excluding hydrogens is 771 g/mol.